The fourth-order valence-electron chi connectivity index (χ4n) is 1.40. The second-order valence-corrected chi connectivity index (χ2v) is 2.93. The normalized spacial score (nSPS) is 40.1. The SMILES string of the molecule is CC1OC(N2CCNCC2)O1. The van der Waals surface area contributed by atoms with E-state index in [0.29, 0.717) is 0 Å². The Bertz CT molecular complexity index is 130. The van der Waals surface area contributed by atoms with E-state index in [2.05, 4.69) is 10.2 Å². The van der Waals surface area contributed by atoms with E-state index in [9.17, 15) is 0 Å². The van der Waals surface area contributed by atoms with E-state index in [1.54, 1.807) is 0 Å². The summed E-state index contributed by atoms with van der Waals surface area (Å²) in [6.07, 6.45) is -0.0676. The molecule has 0 aromatic carbocycles. The molecule has 2 saturated heterocycles. The van der Waals surface area contributed by atoms with Crippen LogP contribution >= 0.6 is 0 Å². The largest absolute Gasteiger partial charge is 0.314 e. The second kappa shape index (κ2) is 3.06. The summed E-state index contributed by atoms with van der Waals surface area (Å²) in [6, 6.07) is 0. The van der Waals surface area contributed by atoms with Crippen molar-refractivity contribution in [3.8, 4) is 0 Å². The molecule has 0 atom stereocenters. The van der Waals surface area contributed by atoms with Gasteiger partial charge in [0.05, 0.1) is 0 Å². The summed E-state index contributed by atoms with van der Waals surface area (Å²) in [4.78, 5) is 2.20. The van der Waals surface area contributed by atoms with Crippen LogP contribution in [0, 0.1) is 0 Å². The highest BCUT2D eigenvalue weighted by Crippen LogP contribution is 2.19. The molecule has 0 saturated carbocycles. The Labute approximate surface area is 66.5 Å². The second-order valence-electron chi connectivity index (χ2n) is 2.93. The molecule has 0 aromatic heterocycles. The van der Waals surface area contributed by atoms with Crippen LogP contribution in [0.1, 0.15) is 6.92 Å². The standard InChI is InChI=1S/C7H14N2O2/c1-6-10-7(11-6)9-4-2-8-3-5-9/h6-8H,2-5H2,1H3. The van der Waals surface area contributed by atoms with Crippen molar-refractivity contribution in [3.05, 3.63) is 0 Å². The maximum Gasteiger partial charge on any atom is 0.223 e. The average Bonchev–Trinajstić information content (AvgIpc) is 2.01. The van der Waals surface area contributed by atoms with Crippen LogP contribution in [-0.4, -0.2) is 43.8 Å². The number of nitrogens with zero attached hydrogens (tertiary/aromatic N) is 1. The van der Waals surface area contributed by atoms with Crippen molar-refractivity contribution in [1.82, 2.24) is 10.2 Å². The zero-order valence-electron chi connectivity index (χ0n) is 6.75. The molecular formula is C7H14N2O2. The van der Waals surface area contributed by atoms with E-state index in [-0.39, 0.29) is 12.7 Å². The van der Waals surface area contributed by atoms with E-state index < -0.39 is 0 Å². The van der Waals surface area contributed by atoms with Crippen LogP contribution < -0.4 is 5.32 Å². The van der Waals surface area contributed by atoms with Crippen molar-refractivity contribution in [1.29, 1.82) is 0 Å². The Morgan fingerprint density at radius 3 is 2.45 bits per heavy atom. The van der Waals surface area contributed by atoms with Crippen molar-refractivity contribution < 1.29 is 9.47 Å². The first-order valence-corrected chi connectivity index (χ1v) is 4.12. The highest BCUT2D eigenvalue weighted by molar-refractivity contribution is 4.69. The molecule has 4 heteroatoms. The number of ether oxygens (including phenoxy) is 2. The molecule has 2 fully saturated rings. The van der Waals surface area contributed by atoms with Gasteiger partial charge in [0.2, 0.25) is 6.41 Å². The fourth-order valence-corrected chi connectivity index (χ4v) is 1.40. The lowest BCUT2D eigenvalue weighted by Gasteiger charge is -2.42. The number of hydrogen-bond acceptors (Lipinski definition) is 4. The van der Waals surface area contributed by atoms with Gasteiger partial charge in [-0.15, -0.1) is 0 Å². The van der Waals surface area contributed by atoms with Gasteiger partial charge < -0.3 is 14.8 Å². The Kier molecular flexibility index (Phi) is 2.09. The van der Waals surface area contributed by atoms with Gasteiger partial charge in [0.1, 0.15) is 0 Å². The first-order chi connectivity index (χ1) is 5.36. The lowest BCUT2D eigenvalue weighted by atomic mass is 10.4. The Morgan fingerprint density at radius 2 is 1.91 bits per heavy atom. The number of piperazine rings is 1. The average molecular weight is 158 g/mol. The van der Waals surface area contributed by atoms with Gasteiger partial charge in [-0.2, -0.15) is 0 Å². The van der Waals surface area contributed by atoms with Crippen LogP contribution in [0.5, 0.6) is 0 Å². The molecule has 64 valence electrons. The molecule has 0 radical (unpaired) electrons. The molecular weight excluding hydrogens is 144 g/mol. The Morgan fingerprint density at radius 1 is 1.27 bits per heavy atom. The van der Waals surface area contributed by atoms with E-state index >= 15 is 0 Å². The monoisotopic (exact) mass is 158 g/mol. The summed E-state index contributed by atoms with van der Waals surface area (Å²) in [7, 11) is 0. The van der Waals surface area contributed by atoms with Crippen LogP contribution in [0.25, 0.3) is 0 Å². The van der Waals surface area contributed by atoms with Crippen molar-refractivity contribution in [3.63, 3.8) is 0 Å². The van der Waals surface area contributed by atoms with Crippen molar-refractivity contribution in [2.75, 3.05) is 26.2 Å². The number of nitrogens with one attached hydrogen (secondary N) is 1. The van der Waals surface area contributed by atoms with Crippen LogP contribution in [0.4, 0.5) is 0 Å². The number of hydrogen-bond donors (Lipinski definition) is 1. The molecule has 0 amide bonds. The zero-order chi connectivity index (χ0) is 7.68. The topological polar surface area (TPSA) is 33.7 Å². The summed E-state index contributed by atoms with van der Waals surface area (Å²) >= 11 is 0. The van der Waals surface area contributed by atoms with Crippen molar-refractivity contribution in [2.45, 2.75) is 19.6 Å². The van der Waals surface area contributed by atoms with Gasteiger partial charge >= 0.3 is 0 Å². The van der Waals surface area contributed by atoms with Crippen LogP contribution in [0.3, 0.4) is 0 Å². The lowest BCUT2D eigenvalue weighted by Crippen LogP contribution is -2.56. The van der Waals surface area contributed by atoms with Gasteiger partial charge in [0.25, 0.3) is 0 Å². The van der Waals surface area contributed by atoms with E-state index in [0.717, 1.165) is 26.2 Å². The molecule has 2 rings (SSSR count). The first kappa shape index (κ1) is 7.49. The molecule has 11 heavy (non-hydrogen) atoms. The third-order valence-electron chi connectivity index (χ3n) is 2.07. The van der Waals surface area contributed by atoms with Crippen LogP contribution in [0.2, 0.25) is 0 Å². The quantitative estimate of drug-likeness (QED) is 0.561. The molecule has 0 unspecified atom stereocenters. The predicted octanol–water partition coefficient (Wildman–Crippen LogP) is -0.432. The fraction of sp³-hybridized carbons (Fsp3) is 1.00. The third-order valence-corrected chi connectivity index (χ3v) is 2.07. The van der Waals surface area contributed by atoms with Crippen molar-refractivity contribution >= 4 is 0 Å². The summed E-state index contributed by atoms with van der Waals surface area (Å²) in [5.41, 5.74) is 0. The van der Waals surface area contributed by atoms with E-state index in [4.69, 9.17) is 9.47 Å². The van der Waals surface area contributed by atoms with Crippen LogP contribution in [0.15, 0.2) is 0 Å². The summed E-state index contributed by atoms with van der Waals surface area (Å²) in [6.45, 7) is 6.04. The minimum Gasteiger partial charge on any atom is -0.314 e. The maximum atomic E-state index is 5.35. The van der Waals surface area contributed by atoms with Gasteiger partial charge in [-0.1, -0.05) is 0 Å². The molecule has 0 aromatic rings. The smallest absolute Gasteiger partial charge is 0.223 e. The van der Waals surface area contributed by atoms with E-state index in [1.165, 1.54) is 0 Å². The van der Waals surface area contributed by atoms with Gasteiger partial charge in [0.15, 0.2) is 6.29 Å². The summed E-state index contributed by atoms with van der Waals surface area (Å²) in [5.74, 6) is 0. The van der Waals surface area contributed by atoms with E-state index in [1.807, 2.05) is 6.92 Å². The molecule has 4 nitrogen and oxygen atoms in total. The minimum atomic E-state index is -0.0629. The molecule has 0 bridgehead atoms. The first-order valence-electron chi connectivity index (χ1n) is 4.12. The van der Waals surface area contributed by atoms with Crippen molar-refractivity contribution in [2.24, 2.45) is 0 Å². The Hall–Kier alpha value is -0.160. The molecule has 0 aliphatic carbocycles. The molecule has 0 spiro atoms. The molecule has 1 N–H and O–H groups in total. The van der Waals surface area contributed by atoms with Crippen LogP contribution in [-0.2, 0) is 9.47 Å². The summed E-state index contributed by atoms with van der Waals surface area (Å²) < 4.78 is 10.7. The highest BCUT2D eigenvalue weighted by Gasteiger charge is 2.32. The Balaban J connectivity index is 1.76. The summed E-state index contributed by atoms with van der Waals surface area (Å²) in [5, 5.41) is 3.28. The number of rotatable bonds is 1. The minimum absolute atomic E-state index is 0.00474. The van der Waals surface area contributed by atoms with Gasteiger partial charge in [0, 0.05) is 26.2 Å². The molecule has 2 aliphatic rings. The zero-order valence-corrected chi connectivity index (χ0v) is 6.75. The molecule has 2 aliphatic heterocycles. The lowest BCUT2D eigenvalue weighted by molar-refractivity contribution is -0.423. The maximum absolute atomic E-state index is 5.35. The molecule has 2 heterocycles. The van der Waals surface area contributed by atoms with Gasteiger partial charge in [-0.25, -0.2) is 0 Å². The van der Waals surface area contributed by atoms with Gasteiger partial charge in [-0.05, 0) is 6.92 Å². The van der Waals surface area contributed by atoms with Gasteiger partial charge in [-0.3, -0.25) is 4.90 Å². The highest BCUT2D eigenvalue weighted by atomic mass is 16.9. The third kappa shape index (κ3) is 1.54. The predicted molar refractivity (Wildman–Crippen MR) is 39.9 cm³/mol.